The van der Waals surface area contributed by atoms with Gasteiger partial charge in [-0.15, -0.1) is 0 Å². The quantitative estimate of drug-likeness (QED) is 0.707. The standard InChI is InChI=1S/C12H11NO3/c14-11-3-1-2-7-13(11)12(15)5-4-10-6-8-16-9-10/h1,3-6,8-9H,2,7H2/b5-4+. The molecule has 4 nitrogen and oxygen atoms in total. The SMILES string of the molecule is O=C1C=CCCN1C(=O)/C=C/c1ccoc1. The zero-order valence-corrected chi connectivity index (χ0v) is 8.63. The summed E-state index contributed by atoms with van der Waals surface area (Å²) in [5.41, 5.74) is 0.799. The Hall–Kier alpha value is -2.10. The minimum Gasteiger partial charge on any atom is -0.472 e. The molecule has 0 radical (unpaired) electrons. The molecule has 4 heteroatoms. The van der Waals surface area contributed by atoms with Crippen molar-refractivity contribution < 1.29 is 14.0 Å². The van der Waals surface area contributed by atoms with Crippen LogP contribution in [0.3, 0.4) is 0 Å². The molecule has 0 aromatic carbocycles. The lowest BCUT2D eigenvalue weighted by Crippen LogP contribution is -2.37. The molecule has 2 heterocycles. The highest BCUT2D eigenvalue weighted by molar-refractivity contribution is 6.06. The highest BCUT2D eigenvalue weighted by atomic mass is 16.3. The maximum absolute atomic E-state index is 11.7. The monoisotopic (exact) mass is 217 g/mol. The predicted octanol–water partition coefficient (Wildman–Crippen LogP) is 1.61. The molecule has 0 fully saturated rings. The van der Waals surface area contributed by atoms with Gasteiger partial charge < -0.3 is 4.42 Å². The van der Waals surface area contributed by atoms with Gasteiger partial charge in [0.2, 0.25) is 0 Å². The summed E-state index contributed by atoms with van der Waals surface area (Å²) in [5, 5.41) is 0. The Morgan fingerprint density at radius 3 is 3.06 bits per heavy atom. The number of carbonyl (C=O) groups is 2. The van der Waals surface area contributed by atoms with Crippen molar-refractivity contribution in [2.45, 2.75) is 6.42 Å². The highest BCUT2D eigenvalue weighted by Gasteiger charge is 2.18. The average Bonchev–Trinajstić information content (AvgIpc) is 2.79. The van der Waals surface area contributed by atoms with Gasteiger partial charge >= 0.3 is 0 Å². The van der Waals surface area contributed by atoms with Crippen LogP contribution in [-0.4, -0.2) is 23.3 Å². The van der Waals surface area contributed by atoms with Crippen molar-refractivity contribution in [2.75, 3.05) is 6.54 Å². The van der Waals surface area contributed by atoms with E-state index in [1.807, 2.05) is 0 Å². The van der Waals surface area contributed by atoms with E-state index in [4.69, 9.17) is 4.42 Å². The molecule has 0 aliphatic carbocycles. The Balaban J connectivity index is 2.03. The summed E-state index contributed by atoms with van der Waals surface area (Å²) in [6.07, 6.45) is 9.97. The first-order valence-corrected chi connectivity index (χ1v) is 4.99. The predicted molar refractivity (Wildman–Crippen MR) is 58.2 cm³/mol. The Bertz CT molecular complexity index is 443. The van der Waals surface area contributed by atoms with Crippen molar-refractivity contribution in [3.05, 3.63) is 42.4 Å². The summed E-state index contributed by atoms with van der Waals surface area (Å²) in [6, 6.07) is 1.74. The normalized spacial score (nSPS) is 16.0. The fraction of sp³-hybridized carbons (Fsp3) is 0.167. The molecule has 1 aromatic heterocycles. The van der Waals surface area contributed by atoms with Gasteiger partial charge in [0.15, 0.2) is 0 Å². The van der Waals surface area contributed by atoms with Gasteiger partial charge in [0.25, 0.3) is 11.8 Å². The van der Waals surface area contributed by atoms with Crippen LogP contribution < -0.4 is 0 Å². The van der Waals surface area contributed by atoms with Crippen molar-refractivity contribution in [3.8, 4) is 0 Å². The fourth-order valence-corrected chi connectivity index (χ4v) is 1.43. The highest BCUT2D eigenvalue weighted by Crippen LogP contribution is 2.06. The third kappa shape index (κ3) is 2.28. The van der Waals surface area contributed by atoms with Crippen molar-refractivity contribution in [3.63, 3.8) is 0 Å². The zero-order chi connectivity index (χ0) is 11.4. The summed E-state index contributed by atoms with van der Waals surface area (Å²) in [5.74, 6) is -0.552. The molecular weight excluding hydrogens is 206 g/mol. The van der Waals surface area contributed by atoms with Crippen LogP contribution in [0.5, 0.6) is 0 Å². The number of hydrogen-bond donors (Lipinski definition) is 0. The third-order valence-electron chi connectivity index (χ3n) is 2.27. The topological polar surface area (TPSA) is 50.5 Å². The molecule has 0 atom stereocenters. The van der Waals surface area contributed by atoms with E-state index in [2.05, 4.69) is 0 Å². The largest absolute Gasteiger partial charge is 0.472 e. The Kier molecular flexibility index (Phi) is 3.00. The summed E-state index contributed by atoms with van der Waals surface area (Å²) in [7, 11) is 0. The minimum absolute atomic E-state index is 0.256. The fourth-order valence-electron chi connectivity index (χ4n) is 1.43. The number of furan rings is 1. The lowest BCUT2D eigenvalue weighted by molar-refractivity contribution is -0.139. The molecule has 82 valence electrons. The summed E-state index contributed by atoms with van der Waals surface area (Å²) < 4.78 is 4.86. The molecule has 16 heavy (non-hydrogen) atoms. The maximum atomic E-state index is 11.7. The van der Waals surface area contributed by atoms with Gasteiger partial charge in [-0.25, -0.2) is 0 Å². The van der Waals surface area contributed by atoms with Gasteiger partial charge in [0.05, 0.1) is 12.5 Å². The van der Waals surface area contributed by atoms with Crippen LogP contribution in [0.2, 0.25) is 0 Å². The van der Waals surface area contributed by atoms with Gasteiger partial charge in [-0.2, -0.15) is 0 Å². The first-order chi connectivity index (χ1) is 7.77. The number of amides is 2. The average molecular weight is 217 g/mol. The zero-order valence-electron chi connectivity index (χ0n) is 8.63. The number of carbonyl (C=O) groups excluding carboxylic acids is 2. The van der Waals surface area contributed by atoms with E-state index in [-0.39, 0.29) is 11.8 Å². The molecule has 0 N–H and O–H groups in total. The smallest absolute Gasteiger partial charge is 0.253 e. The minimum atomic E-state index is -0.296. The lowest BCUT2D eigenvalue weighted by atomic mass is 10.2. The first kappa shape index (κ1) is 10.4. The van der Waals surface area contributed by atoms with E-state index in [1.54, 1.807) is 18.2 Å². The van der Waals surface area contributed by atoms with Gasteiger partial charge in [-0.1, -0.05) is 6.08 Å². The van der Waals surface area contributed by atoms with Gasteiger partial charge in [0, 0.05) is 18.2 Å². The van der Waals surface area contributed by atoms with Crippen molar-refractivity contribution in [1.29, 1.82) is 0 Å². The summed E-state index contributed by atoms with van der Waals surface area (Å²) in [6.45, 7) is 0.448. The number of rotatable bonds is 2. The molecule has 0 spiro atoms. The summed E-state index contributed by atoms with van der Waals surface area (Å²) >= 11 is 0. The van der Waals surface area contributed by atoms with Gasteiger partial charge in [-0.3, -0.25) is 14.5 Å². The molecule has 0 unspecified atom stereocenters. The molecular formula is C12H11NO3. The van der Waals surface area contributed by atoms with E-state index < -0.39 is 0 Å². The van der Waals surface area contributed by atoms with Crippen LogP contribution >= 0.6 is 0 Å². The van der Waals surface area contributed by atoms with E-state index in [1.165, 1.54) is 29.6 Å². The van der Waals surface area contributed by atoms with Gasteiger partial charge in [-0.05, 0) is 24.6 Å². The van der Waals surface area contributed by atoms with Crippen LogP contribution in [0, 0.1) is 0 Å². The maximum Gasteiger partial charge on any atom is 0.253 e. The van der Waals surface area contributed by atoms with E-state index in [0.717, 1.165) is 12.0 Å². The molecule has 2 rings (SSSR count). The molecule has 1 aromatic rings. The van der Waals surface area contributed by atoms with E-state index in [9.17, 15) is 9.59 Å². The van der Waals surface area contributed by atoms with Crippen LogP contribution in [0.25, 0.3) is 6.08 Å². The molecule has 2 amide bonds. The summed E-state index contributed by atoms with van der Waals surface area (Å²) in [4.78, 5) is 24.2. The molecule has 0 saturated carbocycles. The Morgan fingerprint density at radius 2 is 2.38 bits per heavy atom. The molecule has 1 aliphatic heterocycles. The van der Waals surface area contributed by atoms with E-state index in [0.29, 0.717) is 6.54 Å². The van der Waals surface area contributed by atoms with Crippen molar-refractivity contribution in [1.82, 2.24) is 4.90 Å². The Morgan fingerprint density at radius 1 is 1.50 bits per heavy atom. The number of hydrogen-bond acceptors (Lipinski definition) is 3. The first-order valence-electron chi connectivity index (χ1n) is 4.99. The number of imide groups is 1. The van der Waals surface area contributed by atoms with Crippen molar-refractivity contribution in [2.24, 2.45) is 0 Å². The molecule has 0 bridgehead atoms. The van der Waals surface area contributed by atoms with Crippen LogP contribution in [0.4, 0.5) is 0 Å². The second-order valence-electron chi connectivity index (χ2n) is 3.41. The second kappa shape index (κ2) is 4.61. The second-order valence-corrected chi connectivity index (χ2v) is 3.41. The molecule has 0 saturated heterocycles. The Labute approximate surface area is 92.8 Å². The molecule has 1 aliphatic rings. The van der Waals surface area contributed by atoms with Crippen LogP contribution in [0.1, 0.15) is 12.0 Å². The number of nitrogens with zero attached hydrogens (tertiary/aromatic N) is 1. The van der Waals surface area contributed by atoms with Crippen LogP contribution in [-0.2, 0) is 9.59 Å². The third-order valence-corrected chi connectivity index (χ3v) is 2.27. The van der Waals surface area contributed by atoms with Crippen molar-refractivity contribution >= 4 is 17.9 Å². The lowest BCUT2D eigenvalue weighted by Gasteiger charge is -2.19. The van der Waals surface area contributed by atoms with Gasteiger partial charge in [0.1, 0.15) is 0 Å². The van der Waals surface area contributed by atoms with E-state index >= 15 is 0 Å². The van der Waals surface area contributed by atoms with Crippen LogP contribution in [0.15, 0.2) is 41.2 Å².